The fraction of sp³-hybridized carbons (Fsp3) is 0.444. The highest BCUT2D eigenvalue weighted by Crippen LogP contribution is 2.10. The molecular weight excluding hydrogens is 429 g/mol. The number of halogens is 1. The number of hydrogen-bond donors (Lipinski definition) is 2. The van der Waals surface area contributed by atoms with Crippen molar-refractivity contribution in [3.8, 4) is 5.75 Å². The molecule has 0 unspecified atom stereocenters. The smallest absolute Gasteiger partial charge is 0.191 e. The van der Waals surface area contributed by atoms with Crippen molar-refractivity contribution in [3.05, 3.63) is 48.0 Å². The molecular formula is C18H28IN5O. The maximum absolute atomic E-state index is 5.16. The number of nitrogens with one attached hydrogen (secondary N) is 2. The van der Waals surface area contributed by atoms with Gasteiger partial charge in [-0.25, -0.2) is 4.98 Å². The first-order chi connectivity index (χ1) is 11.7. The van der Waals surface area contributed by atoms with E-state index in [0.717, 1.165) is 50.0 Å². The lowest BCUT2D eigenvalue weighted by Gasteiger charge is -2.12. The van der Waals surface area contributed by atoms with E-state index in [-0.39, 0.29) is 24.0 Å². The molecule has 0 aliphatic rings. The van der Waals surface area contributed by atoms with Gasteiger partial charge in [0.05, 0.1) is 7.11 Å². The van der Waals surface area contributed by atoms with E-state index in [1.165, 1.54) is 5.56 Å². The van der Waals surface area contributed by atoms with Gasteiger partial charge in [-0.1, -0.05) is 12.1 Å². The first-order valence-corrected chi connectivity index (χ1v) is 8.28. The van der Waals surface area contributed by atoms with Crippen molar-refractivity contribution in [2.24, 2.45) is 4.99 Å². The van der Waals surface area contributed by atoms with Crippen LogP contribution in [0.25, 0.3) is 0 Å². The van der Waals surface area contributed by atoms with Gasteiger partial charge >= 0.3 is 0 Å². The Kier molecular flexibility index (Phi) is 9.98. The Labute approximate surface area is 167 Å². The number of guanidine groups is 1. The summed E-state index contributed by atoms with van der Waals surface area (Å²) in [6.07, 6.45) is 6.07. The molecule has 0 saturated carbocycles. The van der Waals surface area contributed by atoms with Crippen LogP contribution >= 0.6 is 24.0 Å². The van der Waals surface area contributed by atoms with E-state index in [1.54, 1.807) is 14.2 Å². The van der Waals surface area contributed by atoms with Crippen molar-refractivity contribution in [1.29, 1.82) is 0 Å². The summed E-state index contributed by atoms with van der Waals surface area (Å²) in [5, 5.41) is 6.67. The molecule has 25 heavy (non-hydrogen) atoms. The zero-order valence-corrected chi connectivity index (χ0v) is 17.5. The number of nitrogens with zero attached hydrogens (tertiary/aromatic N) is 3. The Bertz CT molecular complexity index is 639. The van der Waals surface area contributed by atoms with Gasteiger partial charge in [-0.3, -0.25) is 4.99 Å². The summed E-state index contributed by atoms with van der Waals surface area (Å²) in [5.41, 5.74) is 1.19. The SMILES string of the molecule is CN=C(NCCCCn1ccnc1C)NCc1ccc(OC)cc1.I. The third-order valence-corrected chi connectivity index (χ3v) is 3.88. The van der Waals surface area contributed by atoms with Gasteiger partial charge in [-0.15, -0.1) is 24.0 Å². The number of aliphatic imine (C=N–C) groups is 1. The van der Waals surface area contributed by atoms with Crippen LogP contribution in [0, 0.1) is 6.92 Å². The number of unbranched alkanes of at least 4 members (excludes halogenated alkanes) is 1. The minimum atomic E-state index is 0. The normalized spacial score (nSPS) is 10.9. The number of ether oxygens (including phenoxy) is 1. The van der Waals surface area contributed by atoms with Crippen LogP contribution in [0.1, 0.15) is 24.2 Å². The summed E-state index contributed by atoms with van der Waals surface area (Å²) in [7, 11) is 3.46. The van der Waals surface area contributed by atoms with E-state index in [2.05, 4.69) is 25.2 Å². The topological polar surface area (TPSA) is 63.5 Å². The Morgan fingerprint density at radius 2 is 1.96 bits per heavy atom. The van der Waals surface area contributed by atoms with E-state index in [9.17, 15) is 0 Å². The van der Waals surface area contributed by atoms with Crippen LogP contribution in [0.2, 0.25) is 0 Å². The molecule has 1 aromatic heterocycles. The van der Waals surface area contributed by atoms with Gasteiger partial charge in [0.2, 0.25) is 0 Å². The first kappa shape index (κ1) is 21.3. The molecule has 6 nitrogen and oxygen atoms in total. The minimum absolute atomic E-state index is 0. The zero-order valence-electron chi connectivity index (χ0n) is 15.2. The second-order valence-corrected chi connectivity index (χ2v) is 5.58. The molecule has 0 aliphatic heterocycles. The lowest BCUT2D eigenvalue weighted by atomic mass is 10.2. The van der Waals surface area contributed by atoms with Crippen LogP contribution in [-0.2, 0) is 13.1 Å². The predicted molar refractivity (Wildman–Crippen MR) is 113 cm³/mol. The van der Waals surface area contributed by atoms with E-state index < -0.39 is 0 Å². The molecule has 1 heterocycles. The highest BCUT2D eigenvalue weighted by atomic mass is 127. The van der Waals surface area contributed by atoms with Crippen molar-refractivity contribution in [3.63, 3.8) is 0 Å². The van der Waals surface area contributed by atoms with Crippen molar-refractivity contribution in [2.45, 2.75) is 32.9 Å². The molecule has 0 spiro atoms. The van der Waals surface area contributed by atoms with E-state index >= 15 is 0 Å². The minimum Gasteiger partial charge on any atom is -0.497 e. The largest absolute Gasteiger partial charge is 0.497 e. The average Bonchev–Trinajstić information content (AvgIpc) is 3.02. The van der Waals surface area contributed by atoms with Crippen LogP contribution in [-0.4, -0.2) is 36.2 Å². The van der Waals surface area contributed by atoms with Gasteiger partial charge in [0.15, 0.2) is 5.96 Å². The van der Waals surface area contributed by atoms with Gasteiger partial charge in [-0.2, -0.15) is 0 Å². The summed E-state index contributed by atoms with van der Waals surface area (Å²) < 4.78 is 7.34. The molecule has 2 rings (SSSR count). The van der Waals surface area contributed by atoms with E-state index in [4.69, 9.17) is 4.74 Å². The Morgan fingerprint density at radius 3 is 2.56 bits per heavy atom. The number of hydrogen-bond acceptors (Lipinski definition) is 3. The molecule has 2 aromatic rings. The number of methoxy groups -OCH3 is 1. The summed E-state index contributed by atoms with van der Waals surface area (Å²) in [6.45, 7) is 4.67. The molecule has 0 aliphatic carbocycles. The zero-order chi connectivity index (χ0) is 17.2. The fourth-order valence-electron chi connectivity index (χ4n) is 2.40. The number of benzene rings is 1. The van der Waals surface area contributed by atoms with Crippen LogP contribution < -0.4 is 15.4 Å². The number of aryl methyl sites for hydroxylation is 2. The number of rotatable bonds is 8. The quantitative estimate of drug-likeness (QED) is 0.277. The highest BCUT2D eigenvalue weighted by Gasteiger charge is 2.00. The van der Waals surface area contributed by atoms with E-state index in [1.807, 2.05) is 43.6 Å². The first-order valence-electron chi connectivity index (χ1n) is 8.28. The summed E-state index contributed by atoms with van der Waals surface area (Å²) in [6, 6.07) is 8.02. The third kappa shape index (κ3) is 7.33. The molecule has 138 valence electrons. The average molecular weight is 457 g/mol. The van der Waals surface area contributed by atoms with Crippen LogP contribution in [0.5, 0.6) is 5.75 Å². The number of aromatic nitrogens is 2. The van der Waals surface area contributed by atoms with Crippen molar-refractivity contribution >= 4 is 29.9 Å². The van der Waals surface area contributed by atoms with E-state index in [0.29, 0.717) is 0 Å². The molecule has 7 heteroatoms. The van der Waals surface area contributed by atoms with Crippen molar-refractivity contribution < 1.29 is 4.74 Å². The second kappa shape index (κ2) is 11.7. The molecule has 0 radical (unpaired) electrons. The Hall–Kier alpha value is -1.77. The predicted octanol–water partition coefficient (Wildman–Crippen LogP) is 2.96. The summed E-state index contributed by atoms with van der Waals surface area (Å²) in [4.78, 5) is 8.48. The van der Waals surface area contributed by atoms with Gasteiger partial charge in [0, 0.05) is 39.1 Å². The molecule has 0 fully saturated rings. The van der Waals surface area contributed by atoms with Crippen LogP contribution in [0.4, 0.5) is 0 Å². The Morgan fingerprint density at radius 1 is 1.20 bits per heavy atom. The lowest BCUT2D eigenvalue weighted by Crippen LogP contribution is -2.37. The Balaban J connectivity index is 0.00000312. The van der Waals surface area contributed by atoms with Gasteiger partial charge in [-0.05, 0) is 37.5 Å². The third-order valence-electron chi connectivity index (χ3n) is 3.88. The summed E-state index contributed by atoms with van der Waals surface area (Å²) in [5.74, 6) is 2.76. The van der Waals surface area contributed by atoms with Crippen LogP contribution in [0.15, 0.2) is 41.7 Å². The van der Waals surface area contributed by atoms with Gasteiger partial charge in [0.1, 0.15) is 11.6 Å². The highest BCUT2D eigenvalue weighted by molar-refractivity contribution is 14.0. The lowest BCUT2D eigenvalue weighted by molar-refractivity contribution is 0.414. The van der Waals surface area contributed by atoms with Gasteiger partial charge in [0.25, 0.3) is 0 Å². The monoisotopic (exact) mass is 457 g/mol. The molecule has 0 bridgehead atoms. The van der Waals surface area contributed by atoms with Crippen molar-refractivity contribution in [2.75, 3.05) is 20.7 Å². The van der Waals surface area contributed by atoms with Gasteiger partial charge < -0.3 is 19.9 Å². The standard InChI is InChI=1S/C18H27N5O.HI/c1-15-20-11-13-23(15)12-5-4-10-21-18(19-2)22-14-16-6-8-17(24-3)9-7-16;/h6-9,11,13H,4-5,10,12,14H2,1-3H3,(H2,19,21,22);1H. The maximum Gasteiger partial charge on any atom is 0.191 e. The summed E-state index contributed by atoms with van der Waals surface area (Å²) >= 11 is 0. The molecule has 0 saturated heterocycles. The molecule has 0 amide bonds. The fourth-order valence-corrected chi connectivity index (χ4v) is 2.40. The maximum atomic E-state index is 5.16. The second-order valence-electron chi connectivity index (χ2n) is 5.58. The molecule has 2 N–H and O–H groups in total. The molecule has 0 atom stereocenters. The van der Waals surface area contributed by atoms with Crippen LogP contribution in [0.3, 0.4) is 0 Å². The van der Waals surface area contributed by atoms with Crippen molar-refractivity contribution in [1.82, 2.24) is 20.2 Å². The molecule has 1 aromatic carbocycles. The number of imidazole rings is 1.